The van der Waals surface area contributed by atoms with Crippen molar-refractivity contribution in [3.8, 4) is 6.07 Å². The number of alkyl halides is 3. The second kappa shape index (κ2) is 13.1. The van der Waals surface area contributed by atoms with E-state index in [1.807, 2.05) is 12.1 Å². The first-order valence-electron chi connectivity index (χ1n) is 16.1. The highest BCUT2D eigenvalue weighted by molar-refractivity contribution is 7.18. The maximum Gasteiger partial charge on any atom is 0.393 e. The standard InChI is InChI=1S/C35H34F3N9OS/c1-3-32(48)44-31-7-5-24(16-40-31)46-18-26(19-46)47-25(15-39)12-28-21(2)22(4-6-30(28)47)17-45-10-8-23(9-11-45)43-33-29-13-27(14-35(36,37)38)49-34(29)42-20-41-33/h3-7,12-13,16,20,23,26H,1,8-11,14,17-19H2,2H3,(H,40,44,48)(H,41,42,43). The van der Waals surface area contributed by atoms with Crippen molar-refractivity contribution in [2.24, 2.45) is 0 Å². The molecule has 5 aromatic rings. The van der Waals surface area contributed by atoms with Gasteiger partial charge in [-0.3, -0.25) is 9.69 Å². The first kappa shape index (κ1) is 32.5. The van der Waals surface area contributed by atoms with Crippen molar-refractivity contribution in [1.29, 1.82) is 5.26 Å². The Morgan fingerprint density at radius 3 is 2.61 bits per heavy atom. The first-order chi connectivity index (χ1) is 23.6. The molecular formula is C35H34F3N9OS. The normalized spacial score (nSPS) is 16.1. The molecule has 0 unspecified atom stereocenters. The first-order valence-corrected chi connectivity index (χ1v) is 16.9. The zero-order chi connectivity index (χ0) is 34.3. The third-order valence-corrected chi connectivity index (χ3v) is 10.4. The van der Waals surface area contributed by atoms with Crippen molar-refractivity contribution >= 4 is 55.7 Å². The second-order valence-corrected chi connectivity index (χ2v) is 13.7. The van der Waals surface area contributed by atoms with E-state index in [0.717, 1.165) is 73.5 Å². The molecule has 0 spiro atoms. The maximum atomic E-state index is 13.0. The molecule has 1 amide bonds. The number of halogens is 3. The molecule has 49 heavy (non-hydrogen) atoms. The van der Waals surface area contributed by atoms with Crippen molar-refractivity contribution in [3.05, 3.63) is 83.3 Å². The Morgan fingerprint density at radius 1 is 1.12 bits per heavy atom. The summed E-state index contributed by atoms with van der Waals surface area (Å²) in [5.74, 6) is 0.744. The molecule has 0 atom stereocenters. The Bertz CT molecular complexity index is 2070. The molecule has 10 nitrogen and oxygen atoms in total. The quantitative estimate of drug-likeness (QED) is 0.167. The molecule has 0 bridgehead atoms. The lowest BCUT2D eigenvalue weighted by atomic mass is 10.0. The molecule has 1 aromatic carbocycles. The molecule has 252 valence electrons. The van der Waals surface area contributed by atoms with E-state index in [1.54, 1.807) is 18.3 Å². The van der Waals surface area contributed by atoms with Crippen LogP contribution in [0.15, 0.2) is 61.6 Å². The van der Waals surface area contributed by atoms with E-state index in [-0.39, 0.29) is 22.9 Å². The van der Waals surface area contributed by atoms with Crippen molar-refractivity contribution in [2.75, 3.05) is 41.7 Å². The number of carbonyl (C=O) groups excluding carboxylic acids is 1. The van der Waals surface area contributed by atoms with Crippen molar-refractivity contribution < 1.29 is 18.0 Å². The number of anilines is 3. The minimum absolute atomic E-state index is 0.144. The van der Waals surface area contributed by atoms with Gasteiger partial charge in [0, 0.05) is 54.5 Å². The molecule has 14 heteroatoms. The molecule has 0 aliphatic carbocycles. The predicted molar refractivity (Wildman–Crippen MR) is 185 cm³/mol. The zero-order valence-corrected chi connectivity index (χ0v) is 27.6. The fourth-order valence-electron chi connectivity index (χ4n) is 6.77. The van der Waals surface area contributed by atoms with Crippen LogP contribution >= 0.6 is 11.3 Å². The Labute approximate surface area is 284 Å². The number of fused-ring (bicyclic) bond motifs is 2. The van der Waals surface area contributed by atoms with Crippen molar-refractivity contribution in [2.45, 2.75) is 51.0 Å². The number of likely N-dealkylation sites (tertiary alicyclic amines) is 1. The average Bonchev–Trinajstić information content (AvgIpc) is 3.64. The van der Waals surface area contributed by atoms with E-state index < -0.39 is 12.6 Å². The molecule has 6 heterocycles. The average molecular weight is 686 g/mol. The highest BCUT2D eigenvalue weighted by Gasteiger charge is 2.32. The van der Waals surface area contributed by atoms with Crippen LogP contribution in [0.5, 0.6) is 0 Å². The highest BCUT2D eigenvalue weighted by Crippen LogP contribution is 2.36. The summed E-state index contributed by atoms with van der Waals surface area (Å²) < 4.78 is 41.0. The molecule has 4 aromatic heterocycles. The van der Waals surface area contributed by atoms with Gasteiger partial charge in [0.2, 0.25) is 5.91 Å². The number of aromatic nitrogens is 4. The van der Waals surface area contributed by atoms with Crippen molar-refractivity contribution in [1.82, 2.24) is 24.4 Å². The number of hydrogen-bond acceptors (Lipinski definition) is 9. The second-order valence-electron chi connectivity index (χ2n) is 12.6. The van der Waals surface area contributed by atoms with E-state index in [0.29, 0.717) is 27.5 Å². The van der Waals surface area contributed by atoms with Crippen LogP contribution in [-0.4, -0.2) is 68.7 Å². The number of nitrogens with one attached hydrogen (secondary N) is 2. The van der Waals surface area contributed by atoms with E-state index in [1.165, 1.54) is 23.5 Å². The summed E-state index contributed by atoms with van der Waals surface area (Å²) in [6.07, 6.45) is 0.865. The monoisotopic (exact) mass is 685 g/mol. The van der Waals surface area contributed by atoms with Gasteiger partial charge in [-0.15, -0.1) is 11.3 Å². The Morgan fingerprint density at radius 2 is 1.92 bits per heavy atom. The number of pyridine rings is 1. The number of carbonyl (C=O) groups is 1. The summed E-state index contributed by atoms with van der Waals surface area (Å²) >= 11 is 1.06. The van der Waals surface area contributed by atoms with Gasteiger partial charge in [-0.1, -0.05) is 12.6 Å². The lowest BCUT2D eigenvalue weighted by Gasteiger charge is -2.42. The fourth-order valence-corrected chi connectivity index (χ4v) is 7.79. The van der Waals surface area contributed by atoms with Crippen LogP contribution in [0, 0.1) is 18.3 Å². The van der Waals surface area contributed by atoms with Crippen LogP contribution in [-0.2, 0) is 17.8 Å². The van der Waals surface area contributed by atoms with Crippen LogP contribution in [0.2, 0.25) is 0 Å². The minimum Gasteiger partial charge on any atom is -0.367 e. The summed E-state index contributed by atoms with van der Waals surface area (Å²) in [7, 11) is 0. The smallest absolute Gasteiger partial charge is 0.367 e. The number of rotatable bonds is 9. The Balaban J connectivity index is 0.981. The summed E-state index contributed by atoms with van der Waals surface area (Å²) in [5.41, 5.74) is 5.03. The van der Waals surface area contributed by atoms with Crippen molar-refractivity contribution in [3.63, 3.8) is 0 Å². The van der Waals surface area contributed by atoms with E-state index >= 15 is 0 Å². The number of thiophene rings is 1. The lowest BCUT2D eigenvalue weighted by molar-refractivity contribution is -0.126. The van der Waals surface area contributed by atoms with Crippen LogP contribution in [0.4, 0.5) is 30.5 Å². The Hall–Kier alpha value is -5.00. The van der Waals surface area contributed by atoms with Crippen LogP contribution in [0.25, 0.3) is 21.1 Å². The largest absolute Gasteiger partial charge is 0.393 e. The number of benzene rings is 1. The molecule has 0 saturated carbocycles. The van der Waals surface area contributed by atoms with Crippen LogP contribution in [0.1, 0.15) is 40.6 Å². The lowest BCUT2D eigenvalue weighted by Crippen LogP contribution is -2.48. The van der Waals surface area contributed by atoms with E-state index in [9.17, 15) is 23.2 Å². The molecule has 2 aliphatic rings. The third-order valence-electron chi connectivity index (χ3n) is 9.37. The molecule has 2 fully saturated rings. The number of hydrogen-bond donors (Lipinski definition) is 2. The number of nitriles is 1. The summed E-state index contributed by atoms with van der Waals surface area (Å²) in [6.45, 7) is 9.58. The van der Waals surface area contributed by atoms with Crippen LogP contribution in [0.3, 0.4) is 0 Å². The van der Waals surface area contributed by atoms with Gasteiger partial charge in [0.25, 0.3) is 0 Å². The number of amides is 1. The number of piperidine rings is 1. The molecule has 7 rings (SSSR count). The molecule has 2 saturated heterocycles. The summed E-state index contributed by atoms with van der Waals surface area (Å²) in [4.78, 5) is 29.8. The van der Waals surface area contributed by atoms with Gasteiger partial charge in [-0.2, -0.15) is 18.4 Å². The van der Waals surface area contributed by atoms with Gasteiger partial charge in [0.05, 0.1) is 29.7 Å². The van der Waals surface area contributed by atoms with E-state index in [2.05, 4.69) is 71.7 Å². The maximum absolute atomic E-state index is 13.0. The minimum atomic E-state index is -4.26. The van der Waals surface area contributed by atoms with E-state index in [4.69, 9.17) is 0 Å². The zero-order valence-electron chi connectivity index (χ0n) is 26.8. The summed E-state index contributed by atoms with van der Waals surface area (Å²) in [5, 5.41) is 17.9. The highest BCUT2D eigenvalue weighted by atomic mass is 32.1. The van der Waals surface area contributed by atoms with Gasteiger partial charge in [-0.05, 0) is 67.3 Å². The molecule has 2 N–H and O–H groups in total. The fraction of sp³-hybridized carbons (Fsp3) is 0.343. The number of aryl methyl sites for hydroxylation is 1. The van der Waals surface area contributed by atoms with Gasteiger partial charge < -0.3 is 20.1 Å². The van der Waals surface area contributed by atoms with Gasteiger partial charge in [-0.25, -0.2) is 15.0 Å². The predicted octanol–water partition coefficient (Wildman–Crippen LogP) is 6.59. The molecular weight excluding hydrogens is 652 g/mol. The Kier molecular flexibility index (Phi) is 8.72. The topological polar surface area (TPSA) is 115 Å². The summed E-state index contributed by atoms with van der Waals surface area (Å²) in [6, 6.07) is 14.2. The van der Waals surface area contributed by atoms with Crippen LogP contribution < -0.4 is 15.5 Å². The van der Waals surface area contributed by atoms with Gasteiger partial charge in [0.15, 0.2) is 0 Å². The third kappa shape index (κ3) is 6.81. The number of nitrogens with zero attached hydrogens (tertiary/aromatic N) is 7. The van der Waals surface area contributed by atoms with Gasteiger partial charge in [0.1, 0.15) is 34.6 Å². The molecule has 2 aliphatic heterocycles. The molecule has 0 radical (unpaired) electrons. The SMILES string of the molecule is C=CC(=O)Nc1ccc(N2CC(n3c(C#N)cc4c(C)c(CN5CCC(Nc6ncnc7sc(CC(F)(F)F)cc67)CC5)ccc43)C2)cn1. The van der Waals surface area contributed by atoms with Gasteiger partial charge >= 0.3 is 6.18 Å².